The number of hydrogen-bond donors (Lipinski definition) is 1. The van der Waals surface area contributed by atoms with E-state index in [0.29, 0.717) is 15.9 Å². The van der Waals surface area contributed by atoms with Gasteiger partial charge in [-0.05, 0) is 60.2 Å². The second kappa shape index (κ2) is 8.31. The van der Waals surface area contributed by atoms with Crippen molar-refractivity contribution in [2.45, 2.75) is 26.9 Å². The lowest BCUT2D eigenvalue weighted by molar-refractivity contribution is -0.116. The van der Waals surface area contributed by atoms with Crippen LogP contribution in [0.3, 0.4) is 0 Å². The van der Waals surface area contributed by atoms with Crippen LogP contribution >= 0.6 is 11.3 Å². The highest BCUT2D eigenvalue weighted by molar-refractivity contribution is 7.17. The summed E-state index contributed by atoms with van der Waals surface area (Å²) in [4.78, 5) is 38.7. The van der Waals surface area contributed by atoms with Crippen molar-refractivity contribution in [1.82, 2.24) is 9.13 Å². The molecule has 0 saturated heterocycles. The Morgan fingerprint density at radius 3 is 2.58 bits per heavy atom. The number of nitrogens with zero attached hydrogens (tertiary/aromatic N) is 2. The Kier molecular flexibility index (Phi) is 5.56. The number of aromatic nitrogens is 2. The smallest absolute Gasteiger partial charge is 0.324 e. The van der Waals surface area contributed by atoms with Crippen LogP contribution < -0.4 is 16.6 Å². The molecule has 1 N–H and O–H groups in total. The average molecular weight is 437 g/mol. The molecular weight excluding hydrogens is 417 g/mol. The molecular formula is C23H20FN3O3S. The Morgan fingerprint density at radius 2 is 1.84 bits per heavy atom. The van der Waals surface area contributed by atoms with Gasteiger partial charge in [-0.2, -0.15) is 0 Å². The van der Waals surface area contributed by atoms with Gasteiger partial charge in [0.05, 0.1) is 12.1 Å². The van der Waals surface area contributed by atoms with E-state index < -0.39 is 17.4 Å². The number of halogens is 1. The van der Waals surface area contributed by atoms with Crippen molar-refractivity contribution < 1.29 is 9.18 Å². The van der Waals surface area contributed by atoms with Gasteiger partial charge < -0.3 is 5.32 Å². The minimum atomic E-state index is -0.566. The largest absolute Gasteiger partial charge is 0.332 e. The zero-order valence-corrected chi connectivity index (χ0v) is 17.8. The average Bonchev–Trinajstić information content (AvgIpc) is 3.21. The van der Waals surface area contributed by atoms with E-state index in [9.17, 15) is 18.8 Å². The third-order valence-electron chi connectivity index (χ3n) is 5.16. The molecule has 2 aromatic heterocycles. The van der Waals surface area contributed by atoms with Gasteiger partial charge in [-0.1, -0.05) is 24.3 Å². The van der Waals surface area contributed by atoms with E-state index in [4.69, 9.17) is 0 Å². The molecule has 6 nitrogen and oxygen atoms in total. The van der Waals surface area contributed by atoms with Crippen molar-refractivity contribution in [2.75, 3.05) is 5.32 Å². The molecule has 0 spiro atoms. The van der Waals surface area contributed by atoms with Crippen molar-refractivity contribution in [1.29, 1.82) is 0 Å². The summed E-state index contributed by atoms with van der Waals surface area (Å²) in [7, 11) is 0. The summed E-state index contributed by atoms with van der Waals surface area (Å²) in [5.74, 6) is -0.964. The third kappa shape index (κ3) is 4.20. The lowest BCUT2D eigenvalue weighted by Gasteiger charge is -2.13. The predicted octanol–water partition coefficient (Wildman–Crippen LogP) is 3.67. The SMILES string of the molecule is Cc1ccc(Cn2c(=O)c3sccc3n(CC(=O)Nc3cccc(F)c3)c2=O)cc1C. The van der Waals surface area contributed by atoms with E-state index in [1.807, 2.05) is 32.0 Å². The number of hydrogen-bond acceptors (Lipinski definition) is 4. The first-order valence-electron chi connectivity index (χ1n) is 9.66. The number of benzene rings is 2. The molecule has 0 aliphatic heterocycles. The van der Waals surface area contributed by atoms with Crippen molar-refractivity contribution in [3.8, 4) is 0 Å². The molecule has 4 rings (SSSR count). The Hall–Kier alpha value is -3.52. The van der Waals surface area contributed by atoms with Gasteiger partial charge in [0.1, 0.15) is 17.1 Å². The van der Waals surface area contributed by atoms with Crippen molar-refractivity contribution in [3.63, 3.8) is 0 Å². The summed E-state index contributed by atoms with van der Waals surface area (Å²) in [5, 5.41) is 4.31. The number of rotatable bonds is 5. The topological polar surface area (TPSA) is 73.1 Å². The molecule has 8 heteroatoms. The molecule has 4 aromatic rings. The predicted molar refractivity (Wildman–Crippen MR) is 120 cm³/mol. The summed E-state index contributed by atoms with van der Waals surface area (Å²) in [6, 6.07) is 12.9. The maximum atomic E-state index is 13.4. The van der Waals surface area contributed by atoms with Crippen LogP contribution in [0.5, 0.6) is 0 Å². The summed E-state index contributed by atoms with van der Waals surface area (Å²) >= 11 is 1.23. The van der Waals surface area contributed by atoms with Crippen LogP contribution in [0.2, 0.25) is 0 Å². The lowest BCUT2D eigenvalue weighted by Crippen LogP contribution is -2.41. The quantitative estimate of drug-likeness (QED) is 0.518. The molecule has 0 bridgehead atoms. The lowest BCUT2D eigenvalue weighted by atomic mass is 10.1. The van der Waals surface area contributed by atoms with E-state index in [0.717, 1.165) is 21.3 Å². The Balaban J connectivity index is 1.72. The molecule has 158 valence electrons. The summed E-state index contributed by atoms with van der Waals surface area (Å²) in [6.45, 7) is 3.78. The number of carbonyl (C=O) groups excluding carboxylic acids is 1. The highest BCUT2D eigenvalue weighted by Crippen LogP contribution is 2.17. The van der Waals surface area contributed by atoms with Crippen LogP contribution in [0.15, 0.2) is 63.5 Å². The number of fused-ring (bicyclic) bond motifs is 1. The van der Waals surface area contributed by atoms with E-state index in [-0.39, 0.29) is 18.6 Å². The minimum Gasteiger partial charge on any atom is -0.324 e. The van der Waals surface area contributed by atoms with Gasteiger partial charge in [0.15, 0.2) is 0 Å². The second-order valence-corrected chi connectivity index (χ2v) is 8.29. The first-order valence-corrected chi connectivity index (χ1v) is 10.5. The summed E-state index contributed by atoms with van der Waals surface area (Å²) in [6.07, 6.45) is 0. The highest BCUT2D eigenvalue weighted by atomic mass is 32.1. The van der Waals surface area contributed by atoms with Crippen molar-refractivity contribution >= 4 is 33.1 Å². The zero-order valence-electron chi connectivity index (χ0n) is 17.0. The van der Waals surface area contributed by atoms with E-state index in [2.05, 4.69) is 5.32 Å². The molecule has 0 saturated carbocycles. The monoisotopic (exact) mass is 437 g/mol. The van der Waals surface area contributed by atoms with Gasteiger partial charge in [0.25, 0.3) is 5.56 Å². The normalized spacial score (nSPS) is 11.1. The fourth-order valence-corrected chi connectivity index (χ4v) is 4.26. The van der Waals surface area contributed by atoms with Gasteiger partial charge >= 0.3 is 5.69 Å². The summed E-state index contributed by atoms with van der Waals surface area (Å²) < 4.78 is 16.2. The van der Waals surface area contributed by atoms with Crippen LogP contribution in [0.1, 0.15) is 16.7 Å². The maximum Gasteiger partial charge on any atom is 0.332 e. The molecule has 1 amide bonds. The molecule has 2 aromatic carbocycles. The van der Waals surface area contributed by atoms with Gasteiger partial charge in [-0.3, -0.25) is 18.7 Å². The molecule has 2 heterocycles. The van der Waals surface area contributed by atoms with Crippen LogP contribution in [-0.2, 0) is 17.9 Å². The number of anilines is 1. The molecule has 0 radical (unpaired) electrons. The Labute approximate surface area is 181 Å². The fraction of sp³-hybridized carbons (Fsp3) is 0.174. The fourth-order valence-electron chi connectivity index (χ4n) is 3.42. The number of amides is 1. The molecule has 31 heavy (non-hydrogen) atoms. The van der Waals surface area contributed by atoms with Gasteiger partial charge in [0, 0.05) is 5.69 Å². The maximum absolute atomic E-state index is 13.4. The van der Waals surface area contributed by atoms with Gasteiger partial charge in [-0.15, -0.1) is 11.3 Å². The number of aryl methyl sites for hydroxylation is 2. The zero-order chi connectivity index (χ0) is 22.1. The second-order valence-electron chi connectivity index (χ2n) is 7.37. The molecule has 0 atom stereocenters. The Morgan fingerprint density at radius 1 is 1.03 bits per heavy atom. The van der Waals surface area contributed by atoms with Crippen LogP contribution in [0, 0.1) is 19.7 Å². The van der Waals surface area contributed by atoms with Crippen LogP contribution in [0.4, 0.5) is 10.1 Å². The van der Waals surface area contributed by atoms with Crippen molar-refractivity contribution in [3.05, 3.63) is 97.3 Å². The molecule has 0 fully saturated rings. The standard InChI is InChI=1S/C23H20FN3O3S/c1-14-6-7-16(10-15(14)2)12-27-22(29)21-19(8-9-31-21)26(23(27)30)13-20(28)25-18-5-3-4-17(24)11-18/h3-11H,12-13H2,1-2H3,(H,25,28). The minimum absolute atomic E-state index is 0.109. The molecule has 0 aliphatic carbocycles. The summed E-state index contributed by atoms with van der Waals surface area (Å²) in [5.41, 5.74) is 2.77. The highest BCUT2D eigenvalue weighted by Gasteiger charge is 2.17. The number of nitrogens with one attached hydrogen (secondary N) is 1. The Bertz CT molecular complexity index is 1420. The van der Waals surface area contributed by atoms with Gasteiger partial charge in [0.2, 0.25) is 5.91 Å². The van der Waals surface area contributed by atoms with Crippen LogP contribution in [0.25, 0.3) is 10.2 Å². The third-order valence-corrected chi connectivity index (χ3v) is 6.05. The number of thiophene rings is 1. The first kappa shape index (κ1) is 20.7. The van der Waals surface area contributed by atoms with E-state index in [1.54, 1.807) is 17.5 Å². The van der Waals surface area contributed by atoms with E-state index >= 15 is 0 Å². The number of carbonyl (C=O) groups is 1. The molecule has 0 unspecified atom stereocenters. The van der Waals surface area contributed by atoms with Crippen molar-refractivity contribution in [2.24, 2.45) is 0 Å². The van der Waals surface area contributed by atoms with E-state index in [1.165, 1.54) is 34.1 Å². The van der Waals surface area contributed by atoms with Crippen LogP contribution in [-0.4, -0.2) is 15.0 Å². The molecule has 0 aliphatic rings. The van der Waals surface area contributed by atoms with Gasteiger partial charge in [-0.25, -0.2) is 9.18 Å². The first-order chi connectivity index (χ1) is 14.8.